The standard InChI is InChI=1S/C16H14Cl2O2/c1-10(2)11-3-6-13(7-4-11)20-16(19)14-8-5-12(17)9-15(14)18/h3-10H,1-2H3. The van der Waals surface area contributed by atoms with Crippen molar-refractivity contribution in [1.82, 2.24) is 0 Å². The van der Waals surface area contributed by atoms with Gasteiger partial charge in [-0.05, 0) is 41.8 Å². The van der Waals surface area contributed by atoms with Crippen LogP contribution in [0, 0.1) is 0 Å². The van der Waals surface area contributed by atoms with E-state index in [2.05, 4.69) is 13.8 Å². The Morgan fingerprint density at radius 2 is 1.70 bits per heavy atom. The monoisotopic (exact) mass is 308 g/mol. The minimum atomic E-state index is -0.496. The molecule has 104 valence electrons. The minimum Gasteiger partial charge on any atom is -0.423 e. The first kappa shape index (κ1) is 14.9. The van der Waals surface area contributed by atoms with Crippen molar-refractivity contribution in [2.75, 3.05) is 0 Å². The quantitative estimate of drug-likeness (QED) is 0.565. The van der Waals surface area contributed by atoms with Gasteiger partial charge in [-0.25, -0.2) is 4.79 Å². The summed E-state index contributed by atoms with van der Waals surface area (Å²) < 4.78 is 5.29. The van der Waals surface area contributed by atoms with Gasteiger partial charge in [-0.15, -0.1) is 0 Å². The number of hydrogen-bond donors (Lipinski definition) is 0. The van der Waals surface area contributed by atoms with Gasteiger partial charge in [0, 0.05) is 5.02 Å². The van der Waals surface area contributed by atoms with Gasteiger partial charge in [0.2, 0.25) is 0 Å². The lowest BCUT2D eigenvalue weighted by Crippen LogP contribution is -2.09. The van der Waals surface area contributed by atoms with Crippen molar-refractivity contribution in [3.8, 4) is 5.75 Å². The van der Waals surface area contributed by atoms with Gasteiger partial charge in [-0.3, -0.25) is 0 Å². The fourth-order valence-corrected chi connectivity index (χ4v) is 2.22. The zero-order chi connectivity index (χ0) is 14.7. The molecule has 0 radical (unpaired) electrons. The summed E-state index contributed by atoms with van der Waals surface area (Å²) >= 11 is 11.8. The second kappa shape index (κ2) is 6.29. The van der Waals surface area contributed by atoms with Gasteiger partial charge >= 0.3 is 5.97 Å². The van der Waals surface area contributed by atoms with E-state index in [4.69, 9.17) is 27.9 Å². The Kier molecular flexibility index (Phi) is 4.69. The van der Waals surface area contributed by atoms with Gasteiger partial charge in [0.05, 0.1) is 10.6 Å². The molecule has 0 atom stereocenters. The predicted octanol–water partition coefficient (Wildman–Crippen LogP) is 5.34. The second-order valence-corrected chi connectivity index (χ2v) is 5.58. The minimum absolute atomic E-state index is 0.279. The Morgan fingerprint density at radius 1 is 1.05 bits per heavy atom. The van der Waals surface area contributed by atoms with Crippen molar-refractivity contribution in [2.45, 2.75) is 19.8 Å². The average molecular weight is 309 g/mol. The SMILES string of the molecule is CC(C)c1ccc(OC(=O)c2ccc(Cl)cc2Cl)cc1. The summed E-state index contributed by atoms with van der Waals surface area (Å²) in [6, 6.07) is 12.1. The van der Waals surface area contributed by atoms with E-state index in [0.29, 0.717) is 22.3 Å². The first-order valence-electron chi connectivity index (χ1n) is 6.24. The van der Waals surface area contributed by atoms with Crippen LogP contribution < -0.4 is 4.74 Å². The highest BCUT2D eigenvalue weighted by Gasteiger charge is 2.13. The predicted molar refractivity (Wildman–Crippen MR) is 82.0 cm³/mol. The van der Waals surface area contributed by atoms with E-state index < -0.39 is 5.97 Å². The molecule has 2 aromatic carbocycles. The van der Waals surface area contributed by atoms with Crippen LogP contribution >= 0.6 is 23.2 Å². The van der Waals surface area contributed by atoms with Crippen LogP contribution in [0.25, 0.3) is 0 Å². The molecule has 4 heteroatoms. The third-order valence-electron chi connectivity index (χ3n) is 2.91. The van der Waals surface area contributed by atoms with Crippen LogP contribution in [0.2, 0.25) is 10.0 Å². The van der Waals surface area contributed by atoms with Crippen LogP contribution in [-0.2, 0) is 0 Å². The lowest BCUT2D eigenvalue weighted by molar-refractivity contribution is 0.0735. The summed E-state index contributed by atoms with van der Waals surface area (Å²) in [6.45, 7) is 4.21. The fourth-order valence-electron chi connectivity index (χ4n) is 1.74. The Balaban J connectivity index is 2.15. The lowest BCUT2D eigenvalue weighted by atomic mass is 10.0. The Bertz CT molecular complexity index is 619. The van der Waals surface area contributed by atoms with Crippen molar-refractivity contribution in [3.05, 3.63) is 63.6 Å². The smallest absolute Gasteiger partial charge is 0.345 e. The number of benzene rings is 2. The van der Waals surface area contributed by atoms with Crippen LogP contribution in [0.3, 0.4) is 0 Å². The molecule has 0 saturated carbocycles. The summed E-state index contributed by atoms with van der Waals surface area (Å²) in [5, 5.41) is 0.758. The van der Waals surface area contributed by atoms with Crippen molar-refractivity contribution < 1.29 is 9.53 Å². The first-order chi connectivity index (χ1) is 9.47. The Labute approximate surface area is 128 Å². The Morgan fingerprint density at radius 3 is 2.25 bits per heavy atom. The molecule has 2 aromatic rings. The van der Waals surface area contributed by atoms with E-state index in [-0.39, 0.29) is 5.02 Å². The van der Waals surface area contributed by atoms with Crippen LogP contribution in [0.1, 0.15) is 35.7 Å². The molecular formula is C16H14Cl2O2. The van der Waals surface area contributed by atoms with E-state index in [1.165, 1.54) is 11.6 Å². The van der Waals surface area contributed by atoms with Crippen LogP contribution in [0.4, 0.5) is 0 Å². The molecule has 0 aromatic heterocycles. The molecule has 0 bridgehead atoms. The van der Waals surface area contributed by atoms with Crippen molar-refractivity contribution in [3.63, 3.8) is 0 Å². The van der Waals surface area contributed by atoms with Crippen molar-refractivity contribution in [2.24, 2.45) is 0 Å². The topological polar surface area (TPSA) is 26.3 Å². The molecule has 0 amide bonds. The van der Waals surface area contributed by atoms with Crippen molar-refractivity contribution >= 4 is 29.2 Å². The molecule has 0 fully saturated rings. The zero-order valence-corrected chi connectivity index (χ0v) is 12.7. The molecule has 0 aliphatic heterocycles. The number of ether oxygens (including phenoxy) is 1. The van der Waals surface area contributed by atoms with Crippen molar-refractivity contribution in [1.29, 1.82) is 0 Å². The molecule has 0 heterocycles. The largest absolute Gasteiger partial charge is 0.423 e. The van der Waals surface area contributed by atoms with Gasteiger partial charge < -0.3 is 4.74 Å². The van der Waals surface area contributed by atoms with Crippen LogP contribution in [-0.4, -0.2) is 5.97 Å². The number of rotatable bonds is 3. The van der Waals surface area contributed by atoms with Gasteiger partial charge in [0.15, 0.2) is 0 Å². The molecule has 0 N–H and O–H groups in total. The molecule has 0 unspecified atom stereocenters. The number of hydrogen-bond acceptors (Lipinski definition) is 2. The lowest BCUT2D eigenvalue weighted by Gasteiger charge is -2.08. The summed E-state index contributed by atoms with van der Waals surface area (Å²) in [7, 11) is 0. The number of halogens is 2. The van der Waals surface area contributed by atoms with E-state index in [0.717, 1.165) is 0 Å². The highest BCUT2D eigenvalue weighted by Crippen LogP contribution is 2.23. The molecule has 2 nitrogen and oxygen atoms in total. The molecular weight excluding hydrogens is 295 g/mol. The maximum atomic E-state index is 12.0. The summed E-state index contributed by atoms with van der Waals surface area (Å²) in [4.78, 5) is 12.0. The molecule has 20 heavy (non-hydrogen) atoms. The summed E-state index contributed by atoms with van der Waals surface area (Å²) in [5.74, 6) is 0.430. The van der Waals surface area contributed by atoms with Gasteiger partial charge in [0.1, 0.15) is 5.75 Å². The Hall–Kier alpha value is -1.51. The molecule has 0 saturated heterocycles. The first-order valence-corrected chi connectivity index (χ1v) is 7.00. The molecule has 2 rings (SSSR count). The highest BCUT2D eigenvalue weighted by molar-refractivity contribution is 6.36. The average Bonchev–Trinajstić information content (AvgIpc) is 2.39. The summed E-state index contributed by atoms with van der Waals surface area (Å²) in [5.41, 5.74) is 1.48. The third kappa shape index (κ3) is 3.53. The van der Waals surface area contributed by atoms with Gasteiger partial charge in [-0.1, -0.05) is 49.2 Å². The number of carbonyl (C=O) groups excluding carboxylic acids is 1. The van der Waals surface area contributed by atoms with Crippen LogP contribution in [0.5, 0.6) is 5.75 Å². The number of esters is 1. The zero-order valence-electron chi connectivity index (χ0n) is 11.2. The fraction of sp³-hybridized carbons (Fsp3) is 0.188. The van der Waals surface area contributed by atoms with E-state index in [1.807, 2.05) is 12.1 Å². The maximum Gasteiger partial charge on any atom is 0.345 e. The van der Waals surface area contributed by atoms with E-state index in [9.17, 15) is 4.79 Å². The van der Waals surface area contributed by atoms with Crippen LogP contribution in [0.15, 0.2) is 42.5 Å². The van der Waals surface area contributed by atoms with Gasteiger partial charge in [0.25, 0.3) is 0 Å². The third-order valence-corrected chi connectivity index (χ3v) is 3.46. The summed E-state index contributed by atoms with van der Waals surface area (Å²) in [6.07, 6.45) is 0. The number of carbonyl (C=O) groups is 1. The normalized spacial score (nSPS) is 10.7. The molecule has 0 aliphatic rings. The van der Waals surface area contributed by atoms with E-state index in [1.54, 1.807) is 24.3 Å². The second-order valence-electron chi connectivity index (χ2n) is 4.74. The molecule has 0 spiro atoms. The van der Waals surface area contributed by atoms with E-state index >= 15 is 0 Å². The van der Waals surface area contributed by atoms with Gasteiger partial charge in [-0.2, -0.15) is 0 Å². The molecule has 0 aliphatic carbocycles. The maximum absolute atomic E-state index is 12.0. The highest BCUT2D eigenvalue weighted by atomic mass is 35.5.